The van der Waals surface area contributed by atoms with Crippen molar-refractivity contribution in [3.05, 3.63) is 215 Å². The Kier molecular flexibility index (Phi) is 15.3. The Morgan fingerprint density at radius 1 is 0.438 bits per heavy atom. The first-order valence-corrected chi connectivity index (χ1v) is 22.2. The largest absolute Gasteiger partial charge is 0.385 e. The molecule has 6 aromatic rings. The second-order valence-corrected chi connectivity index (χ2v) is 16.5. The predicted octanol–water partition coefficient (Wildman–Crippen LogP) is 8.69. The van der Waals surface area contributed by atoms with Gasteiger partial charge in [-0.2, -0.15) is 0 Å². The Morgan fingerprint density at radius 3 is 1.38 bits per heavy atom. The van der Waals surface area contributed by atoms with Crippen molar-refractivity contribution in [2.45, 2.75) is 101 Å². The van der Waals surface area contributed by atoms with Crippen molar-refractivity contribution in [1.82, 2.24) is 0 Å². The fraction of sp³-hybridized carbons (Fsp3) is 0.333. The molecule has 0 amide bonds. The van der Waals surface area contributed by atoms with E-state index in [2.05, 4.69) is 12.1 Å². The monoisotopic (exact) mass is 864 g/mol. The van der Waals surface area contributed by atoms with Gasteiger partial charge >= 0.3 is 0 Å². The molecule has 3 aliphatic rings. The van der Waals surface area contributed by atoms with Crippen LogP contribution in [-0.2, 0) is 82.3 Å². The average molecular weight is 865 g/mol. The van der Waals surface area contributed by atoms with Crippen molar-refractivity contribution in [3.63, 3.8) is 0 Å². The summed E-state index contributed by atoms with van der Waals surface area (Å²) in [7, 11) is 0. The van der Waals surface area contributed by atoms with E-state index in [0.29, 0.717) is 26.4 Å². The SMILES string of the molecule is OC1C(OCc2ccccc2)[C@H](OCc2ccccc2)C(COCc2ccccc2)O[C@H]1O[C@@H]1C(COCc2ccccc2)O[C@H]2c3ccccc3COC2C1OCc1ccccc1. The van der Waals surface area contributed by atoms with Gasteiger partial charge in [-0.1, -0.05) is 176 Å². The Bertz CT molecular complexity index is 2270. The van der Waals surface area contributed by atoms with Crippen LogP contribution in [0.1, 0.15) is 45.0 Å². The molecular weight excluding hydrogens is 809 g/mol. The standard InChI is InChI=1S/C54H56O10/c55-47-51(59-33-41-24-12-4-13-25-41)49(58-32-40-22-10-3-11-23-40)45(36-56-30-38-18-6-1-7-19-38)63-54(47)64-50-46(37-57-31-39-20-8-2-9-21-39)62-48-44-29-17-16-28-43(44)35-61-52(48)53(50)60-34-42-26-14-5-15-27-42/h1-29,45-55H,30-37H2/t45?,46?,47?,48-,49+,50+,51?,52?,53?,54-/m0/s1. The maximum absolute atomic E-state index is 12.6. The van der Waals surface area contributed by atoms with Gasteiger partial charge in [0.05, 0.1) is 52.9 Å². The summed E-state index contributed by atoms with van der Waals surface area (Å²) in [5.41, 5.74) is 7.05. The third-order valence-corrected chi connectivity index (χ3v) is 12.0. The highest BCUT2D eigenvalue weighted by Gasteiger charge is 2.54. The molecule has 0 aromatic heterocycles. The van der Waals surface area contributed by atoms with Crippen LogP contribution in [0.3, 0.4) is 0 Å². The molecule has 0 radical (unpaired) electrons. The molecule has 9 rings (SSSR count). The zero-order chi connectivity index (χ0) is 43.3. The first-order chi connectivity index (χ1) is 31.7. The van der Waals surface area contributed by atoms with Gasteiger partial charge in [0, 0.05) is 0 Å². The number of benzene rings is 6. The minimum absolute atomic E-state index is 0.134. The van der Waals surface area contributed by atoms with Gasteiger partial charge in [0.25, 0.3) is 0 Å². The minimum Gasteiger partial charge on any atom is -0.385 e. The summed E-state index contributed by atoms with van der Waals surface area (Å²) in [5.74, 6) is 0. The van der Waals surface area contributed by atoms with Crippen LogP contribution in [0.4, 0.5) is 0 Å². The molecule has 1 N–H and O–H groups in total. The molecule has 10 atom stereocenters. The molecule has 6 unspecified atom stereocenters. The Balaban J connectivity index is 1.04. The van der Waals surface area contributed by atoms with E-state index in [4.69, 9.17) is 42.6 Å². The molecule has 0 aliphatic carbocycles. The zero-order valence-electron chi connectivity index (χ0n) is 35.8. The number of aliphatic hydroxyl groups excluding tert-OH is 1. The number of rotatable bonds is 19. The summed E-state index contributed by atoms with van der Waals surface area (Å²) in [6.07, 6.45) is -8.05. The molecule has 6 aromatic carbocycles. The first kappa shape index (κ1) is 44.1. The minimum atomic E-state index is -1.30. The first-order valence-electron chi connectivity index (χ1n) is 22.2. The van der Waals surface area contributed by atoms with Gasteiger partial charge in [-0.05, 0) is 38.9 Å². The number of aliphatic hydroxyl groups is 1. The molecule has 332 valence electrons. The van der Waals surface area contributed by atoms with Gasteiger partial charge in [-0.25, -0.2) is 0 Å². The second-order valence-electron chi connectivity index (χ2n) is 16.5. The molecule has 2 fully saturated rings. The highest BCUT2D eigenvalue weighted by molar-refractivity contribution is 5.32. The number of fused-ring (bicyclic) bond motifs is 3. The van der Waals surface area contributed by atoms with Crippen LogP contribution in [-0.4, -0.2) is 73.4 Å². The van der Waals surface area contributed by atoms with E-state index in [9.17, 15) is 5.11 Å². The zero-order valence-corrected chi connectivity index (χ0v) is 35.8. The summed E-state index contributed by atoms with van der Waals surface area (Å²) in [5, 5.41) is 12.6. The average Bonchev–Trinajstić information content (AvgIpc) is 3.35. The van der Waals surface area contributed by atoms with Crippen molar-refractivity contribution in [2.75, 3.05) is 13.2 Å². The van der Waals surface area contributed by atoms with Gasteiger partial charge in [-0.15, -0.1) is 0 Å². The van der Waals surface area contributed by atoms with E-state index >= 15 is 0 Å². The lowest BCUT2D eigenvalue weighted by atomic mass is 9.86. The Hall–Kier alpha value is -5.08. The van der Waals surface area contributed by atoms with Gasteiger partial charge < -0.3 is 47.7 Å². The number of hydrogen-bond acceptors (Lipinski definition) is 10. The summed E-state index contributed by atoms with van der Waals surface area (Å²) < 4.78 is 60.8. The quantitative estimate of drug-likeness (QED) is 0.0851. The fourth-order valence-corrected chi connectivity index (χ4v) is 8.69. The second kappa shape index (κ2) is 22.2. The Labute approximate surface area is 375 Å². The van der Waals surface area contributed by atoms with E-state index in [1.807, 2.05) is 164 Å². The Morgan fingerprint density at radius 2 is 0.859 bits per heavy atom. The molecule has 0 saturated carbocycles. The van der Waals surface area contributed by atoms with Gasteiger partial charge in [0.1, 0.15) is 54.9 Å². The lowest BCUT2D eigenvalue weighted by Gasteiger charge is -2.51. The van der Waals surface area contributed by atoms with E-state index in [1.54, 1.807) is 0 Å². The summed E-state index contributed by atoms with van der Waals surface area (Å²) >= 11 is 0. The predicted molar refractivity (Wildman–Crippen MR) is 239 cm³/mol. The molecule has 64 heavy (non-hydrogen) atoms. The van der Waals surface area contributed by atoms with Crippen LogP contribution in [0.2, 0.25) is 0 Å². The summed E-state index contributed by atoms with van der Waals surface area (Å²) in [6.45, 7) is 2.18. The van der Waals surface area contributed by atoms with E-state index in [1.165, 1.54) is 0 Å². The lowest BCUT2D eigenvalue weighted by Crippen LogP contribution is -2.65. The number of ether oxygens (including phenoxy) is 9. The van der Waals surface area contributed by atoms with Gasteiger partial charge in [0.2, 0.25) is 0 Å². The van der Waals surface area contributed by atoms with Crippen LogP contribution in [0.5, 0.6) is 0 Å². The van der Waals surface area contributed by atoms with Gasteiger partial charge in [-0.3, -0.25) is 0 Å². The van der Waals surface area contributed by atoms with Crippen LogP contribution < -0.4 is 0 Å². The molecule has 3 aliphatic heterocycles. The topological polar surface area (TPSA) is 103 Å². The molecule has 2 saturated heterocycles. The van der Waals surface area contributed by atoms with Gasteiger partial charge in [0.15, 0.2) is 6.29 Å². The molecule has 10 nitrogen and oxygen atoms in total. The smallest absolute Gasteiger partial charge is 0.187 e. The van der Waals surface area contributed by atoms with Crippen molar-refractivity contribution in [3.8, 4) is 0 Å². The van der Waals surface area contributed by atoms with Crippen molar-refractivity contribution < 1.29 is 47.7 Å². The highest BCUT2D eigenvalue weighted by Crippen LogP contribution is 2.43. The molecular formula is C54H56O10. The van der Waals surface area contributed by atoms with Crippen molar-refractivity contribution >= 4 is 0 Å². The van der Waals surface area contributed by atoms with E-state index < -0.39 is 61.2 Å². The molecule has 3 heterocycles. The molecule has 10 heteroatoms. The maximum Gasteiger partial charge on any atom is 0.187 e. The maximum atomic E-state index is 12.6. The fourth-order valence-electron chi connectivity index (χ4n) is 8.69. The third-order valence-electron chi connectivity index (χ3n) is 12.0. The van der Waals surface area contributed by atoms with Crippen molar-refractivity contribution in [1.29, 1.82) is 0 Å². The summed E-state index contributed by atoms with van der Waals surface area (Å²) in [4.78, 5) is 0. The summed E-state index contributed by atoms with van der Waals surface area (Å²) in [6, 6.07) is 58.0. The molecule has 0 spiro atoms. The van der Waals surface area contributed by atoms with Crippen molar-refractivity contribution in [2.24, 2.45) is 0 Å². The van der Waals surface area contributed by atoms with E-state index in [-0.39, 0.29) is 26.4 Å². The third kappa shape index (κ3) is 11.2. The van der Waals surface area contributed by atoms with Crippen LogP contribution in [0.15, 0.2) is 176 Å². The number of hydrogen-bond donors (Lipinski definition) is 1. The van der Waals surface area contributed by atoms with Crippen LogP contribution in [0, 0.1) is 0 Å². The van der Waals surface area contributed by atoms with Crippen LogP contribution >= 0.6 is 0 Å². The van der Waals surface area contributed by atoms with Crippen LogP contribution in [0.25, 0.3) is 0 Å². The molecule has 0 bridgehead atoms. The normalized spacial score (nSPS) is 26.5. The van der Waals surface area contributed by atoms with E-state index in [0.717, 1.165) is 38.9 Å². The lowest BCUT2D eigenvalue weighted by molar-refractivity contribution is -0.359. The highest BCUT2D eigenvalue weighted by atomic mass is 16.7.